The molecule has 0 radical (unpaired) electrons. The fraction of sp³-hybridized carbons (Fsp3) is 0.294. The van der Waals surface area contributed by atoms with Crippen LogP contribution in [0.15, 0.2) is 40.0 Å². The van der Waals surface area contributed by atoms with Crippen molar-refractivity contribution in [3.05, 3.63) is 53.4 Å². The highest BCUT2D eigenvalue weighted by molar-refractivity contribution is 7.98. The van der Waals surface area contributed by atoms with Crippen molar-refractivity contribution in [2.75, 3.05) is 0 Å². The van der Waals surface area contributed by atoms with Gasteiger partial charge in [-0.3, -0.25) is 5.10 Å². The van der Waals surface area contributed by atoms with Crippen molar-refractivity contribution in [2.24, 2.45) is 5.92 Å². The molecule has 3 aromatic rings. The quantitative estimate of drug-likeness (QED) is 0.658. The molecule has 1 N–H and O–H groups in total. The topological polar surface area (TPSA) is 80.5 Å². The van der Waals surface area contributed by atoms with Gasteiger partial charge in [0.15, 0.2) is 5.82 Å². The van der Waals surface area contributed by atoms with E-state index in [1.807, 2.05) is 42.5 Å². The Kier molecular flexibility index (Phi) is 5.43. The number of aromatic nitrogens is 5. The van der Waals surface area contributed by atoms with Gasteiger partial charge in [-0.25, -0.2) is 4.98 Å². The number of aromatic amines is 1. The van der Waals surface area contributed by atoms with Gasteiger partial charge in [0.05, 0.1) is 5.75 Å². The zero-order valence-corrected chi connectivity index (χ0v) is 14.5. The molecule has 3 rings (SSSR count). The second-order valence-corrected chi connectivity index (χ2v) is 6.68. The number of hydrogen-bond acceptors (Lipinski definition) is 6. The van der Waals surface area contributed by atoms with E-state index in [0.29, 0.717) is 28.5 Å². The lowest BCUT2D eigenvalue weighted by molar-refractivity contribution is 0.360. The number of thioether (sulfide) groups is 1. The largest absolute Gasteiger partial charge is 0.339 e. The third-order valence-electron chi connectivity index (χ3n) is 3.14. The van der Waals surface area contributed by atoms with Crippen molar-refractivity contribution in [1.29, 1.82) is 0 Å². The van der Waals surface area contributed by atoms with Crippen molar-refractivity contribution >= 4 is 23.9 Å². The molecule has 0 spiro atoms. The SMILES string of the molecule is CC(C)Cc1nc(CSc2n[nH]c(/C=C\c3ccccc3)n2)no1. The Morgan fingerprint density at radius 3 is 2.79 bits per heavy atom. The van der Waals surface area contributed by atoms with E-state index in [2.05, 4.69) is 39.2 Å². The molecule has 0 amide bonds. The minimum atomic E-state index is 0.498. The van der Waals surface area contributed by atoms with E-state index < -0.39 is 0 Å². The number of nitrogens with zero attached hydrogens (tertiary/aromatic N) is 4. The molecule has 2 aromatic heterocycles. The molecule has 0 aliphatic heterocycles. The fourth-order valence-corrected chi connectivity index (χ4v) is 2.70. The normalized spacial score (nSPS) is 11.6. The Bertz CT molecular complexity index is 794. The molecular formula is C17H19N5OS. The summed E-state index contributed by atoms with van der Waals surface area (Å²) in [7, 11) is 0. The lowest BCUT2D eigenvalue weighted by Crippen LogP contribution is -1.94. The first-order chi connectivity index (χ1) is 11.7. The van der Waals surface area contributed by atoms with E-state index in [0.717, 1.165) is 17.8 Å². The number of benzene rings is 1. The van der Waals surface area contributed by atoms with Gasteiger partial charge in [0.1, 0.15) is 5.82 Å². The second kappa shape index (κ2) is 7.92. The molecule has 2 heterocycles. The summed E-state index contributed by atoms with van der Waals surface area (Å²) < 4.78 is 5.22. The van der Waals surface area contributed by atoms with Gasteiger partial charge in [0, 0.05) is 6.42 Å². The molecule has 24 heavy (non-hydrogen) atoms. The van der Waals surface area contributed by atoms with E-state index >= 15 is 0 Å². The van der Waals surface area contributed by atoms with Crippen LogP contribution in [0, 0.1) is 5.92 Å². The number of hydrogen-bond donors (Lipinski definition) is 1. The number of nitrogens with one attached hydrogen (secondary N) is 1. The predicted octanol–water partition coefficient (Wildman–Crippen LogP) is 3.85. The Morgan fingerprint density at radius 2 is 2.00 bits per heavy atom. The minimum absolute atomic E-state index is 0.498. The molecule has 6 nitrogen and oxygen atoms in total. The summed E-state index contributed by atoms with van der Waals surface area (Å²) in [6, 6.07) is 10.1. The predicted molar refractivity (Wildman–Crippen MR) is 94.2 cm³/mol. The van der Waals surface area contributed by atoms with Gasteiger partial charge < -0.3 is 4.52 Å². The molecule has 1 aromatic carbocycles. The molecule has 7 heteroatoms. The van der Waals surface area contributed by atoms with Crippen LogP contribution in [-0.2, 0) is 12.2 Å². The molecule has 0 unspecified atom stereocenters. The highest BCUT2D eigenvalue weighted by Crippen LogP contribution is 2.18. The summed E-state index contributed by atoms with van der Waals surface area (Å²) in [5.41, 5.74) is 1.12. The molecular weight excluding hydrogens is 322 g/mol. The van der Waals surface area contributed by atoms with E-state index in [1.54, 1.807) is 0 Å². The summed E-state index contributed by atoms with van der Waals surface area (Å²) in [6.07, 6.45) is 4.70. The highest BCUT2D eigenvalue weighted by Gasteiger charge is 2.10. The minimum Gasteiger partial charge on any atom is -0.339 e. The van der Waals surface area contributed by atoms with E-state index in [4.69, 9.17) is 4.52 Å². The zero-order valence-electron chi connectivity index (χ0n) is 13.6. The lowest BCUT2D eigenvalue weighted by atomic mass is 10.1. The smallest absolute Gasteiger partial charge is 0.226 e. The first kappa shape index (κ1) is 16.4. The van der Waals surface area contributed by atoms with Crippen LogP contribution in [-0.4, -0.2) is 25.3 Å². The maximum absolute atomic E-state index is 5.22. The van der Waals surface area contributed by atoms with Gasteiger partial charge in [0.25, 0.3) is 0 Å². The van der Waals surface area contributed by atoms with Crippen LogP contribution in [0.1, 0.15) is 37.0 Å². The van der Waals surface area contributed by atoms with Crippen molar-refractivity contribution in [2.45, 2.75) is 31.2 Å². The second-order valence-electron chi connectivity index (χ2n) is 5.74. The van der Waals surface area contributed by atoms with Gasteiger partial charge in [0.2, 0.25) is 11.0 Å². The standard InChI is InChI=1S/C17H19N5OS/c1-12(2)10-16-18-15(22-23-16)11-24-17-19-14(20-21-17)9-8-13-6-4-3-5-7-13/h3-9,12H,10-11H2,1-2H3,(H,19,20,21)/b9-8-. The van der Waals surface area contributed by atoms with Crippen LogP contribution in [0.3, 0.4) is 0 Å². The molecule has 0 saturated heterocycles. The molecule has 0 aliphatic rings. The van der Waals surface area contributed by atoms with Crippen LogP contribution < -0.4 is 0 Å². The van der Waals surface area contributed by atoms with Gasteiger partial charge in [-0.15, -0.1) is 5.10 Å². The Hall–Kier alpha value is -2.41. The average molecular weight is 341 g/mol. The molecule has 124 valence electrons. The molecule has 0 atom stereocenters. The van der Waals surface area contributed by atoms with Crippen LogP contribution in [0.2, 0.25) is 0 Å². The van der Waals surface area contributed by atoms with Crippen LogP contribution in [0.4, 0.5) is 0 Å². The summed E-state index contributed by atoms with van der Waals surface area (Å²) in [6.45, 7) is 4.24. The zero-order chi connectivity index (χ0) is 16.8. The number of H-pyrrole nitrogens is 1. The van der Waals surface area contributed by atoms with Gasteiger partial charge in [-0.2, -0.15) is 4.98 Å². The van der Waals surface area contributed by atoms with Gasteiger partial charge in [-0.05, 0) is 17.6 Å². The molecule has 0 fully saturated rings. The Morgan fingerprint density at radius 1 is 1.17 bits per heavy atom. The summed E-state index contributed by atoms with van der Waals surface area (Å²) >= 11 is 1.48. The van der Waals surface area contributed by atoms with Crippen LogP contribution in [0.5, 0.6) is 0 Å². The summed E-state index contributed by atoms with van der Waals surface area (Å²) in [5, 5.41) is 11.7. The van der Waals surface area contributed by atoms with Crippen molar-refractivity contribution < 1.29 is 4.52 Å². The first-order valence-corrected chi connectivity index (χ1v) is 8.77. The number of rotatable bonds is 7. The van der Waals surface area contributed by atoms with Crippen LogP contribution in [0.25, 0.3) is 12.2 Å². The maximum Gasteiger partial charge on any atom is 0.226 e. The molecule has 0 bridgehead atoms. The van der Waals surface area contributed by atoms with Crippen molar-refractivity contribution in [3.63, 3.8) is 0 Å². The van der Waals surface area contributed by atoms with E-state index in [1.165, 1.54) is 11.8 Å². The van der Waals surface area contributed by atoms with Gasteiger partial charge >= 0.3 is 0 Å². The monoisotopic (exact) mass is 341 g/mol. The maximum atomic E-state index is 5.22. The van der Waals surface area contributed by atoms with Gasteiger partial charge in [-0.1, -0.05) is 67.2 Å². The highest BCUT2D eigenvalue weighted by atomic mass is 32.2. The van der Waals surface area contributed by atoms with E-state index in [9.17, 15) is 0 Å². The average Bonchev–Trinajstić information content (AvgIpc) is 3.21. The third kappa shape index (κ3) is 4.79. The third-order valence-corrected chi connectivity index (χ3v) is 3.98. The van der Waals surface area contributed by atoms with Crippen molar-refractivity contribution in [1.82, 2.24) is 25.3 Å². The first-order valence-electron chi connectivity index (χ1n) is 7.79. The van der Waals surface area contributed by atoms with E-state index in [-0.39, 0.29) is 0 Å². The van der Waals surface area contributed by atoms with Crippen molar-refractivity contribution in [3.8, 4) is 0 Å². The lowest BCUT2D eigenvalue weighted by Gasteiger charge is -1.95. The molecule has 0 aliphatic carbocycles. The fourth-order valence-electron chi connectivity index (χ4n) is 2.05. The Balaban J connectivity index is 1.54. The molecule has 0 saturated carbocycles. The summed E-state index contributed by atoms with van der Waals surface area (Å²) in [5.74, 6) is 3.15. The Labute approximate surface area is 144 Å². The van der Waals surface area contributed by atoms with Crippen LogP contribution >= 0.6 is 11.8 Å². The summed E-state index contributed by atoms with van der Waals surface area (Å²) in [4.78, 5) is 8.79.